The number of methoxy groups -OCH3 is 2. The lowest BCUT2D eigenvalue weighted by molar-refractivity contribution is -0.132. The Hall–Kier alpha value is -4.28. The number of ketones is 1. The third-order valence-corrected chi connectivity index (χ3v) is 5.86. The van der Waals surface area contributed by atoms with Crippen LogP contribution in [0, 0.1) is 11.3 Å². The van der Waals surface area contributed by atoms with E-state index in [0.717, 1.165) is 0 Å². The molecule has 1 heterocycles. The molecule has 1 N–H and O–H groups in total. The Morgan fingerprint density at radius 1 is 1.00 bits per heavy atom. The Morgan fingerprint density at radius 3 is 2.24 bits per heavy atom. The minimum absolute atomic E-state index is 0.111. The fourth-order valence-corrected chi connectivity index (χ4v) is 4.18. The van der Waals surface area contributed by atoms with Crippen LogP contribution in [0.3, 0.4) is 0 Å². The molecular formula is C26H19ClN2O5. The summed E-state index contributed by atoms with van der Waals surface area (Å²) in [6.45, 7) is 0. The van der Waals surface area contributed by atoms with E-state index in [1.807, 2.05) is 12.1 Å². The summed E-state index contributed by atoms with van der Waals surface area (Å²) in [7, 11) is 2.85. The SMILES string of the molecule is COc1cc(OC)c(/C(O)=C2\C(=O)C(=O)N(c3ccc(C#N)cc3)C2c2ccccc2)cc1Cl. The number of rotatable bonds is 5. The Kier molecular flexibility index (Phi) is 6.26. The van der Waals surface area contributed by atoms with Crippen LogP contribution in [-0.2, 0) is 9.59 Å². The zero-order valence-electron chi connectivity index (χ0n) is 18.3. The highest BCUT2D eigenvalue weighted by Gasteiger charge is 2.47. The predicted molar refractivity (Wildman–Crippen MR) is 127 cm³/mol. The summed E-state index contributed by atoms with van der Waals surface area (Å²) < 4.78 is 10.6. The summed E-state index contributed by atoms with van der Waals surface area (Å²) in [5.41, 5.74) is 1.47. The number of benzene rings is 3. The molecule has 1 saturated heterocycles. The maximum atomic E-state index is 13.3. The molecule has 0 aliphatic carbocycles. The van der Waals surface area contributed by atoms with E-state index in [1.54, 1.807) is 48.5 Å². The standard InChI is InChI=1S/C26H19ClN2O5/c1-33-20-13-21(34-2)19(27)12-18(20)24(30)22-23(16-6-4-3-5-7-16)29(26(32)25(22)31)17-10-8-15(14-28)9-11-17/h3-13,23,30H,1-2H3/b24-22+. The number of aliphatic hydroxyl groups excluding tert-OH is 1. The monoisotopic (exact) mass is 474 g/mol. The highest BCUT2D eigenvalue weighted by Crippen LogP contribution is 2.44. The second kappa shape index (κ2) is 9.30. The molecule has 3 aromatic rings. The van der Waals surface area contributed by atoms with Gasteiger partial charge in [-0.15, -0.1) is 0 Å². The summed E-state index contributed by atoms with van der Waals surface area (Å²) in [5, 5.41) is 20.7. The summed E-state index contributed by atoms with van der Waals surface area (Å²) in [4.78, 5) is 27.8. The van der Waals surface area contributed by atoms with Crippen molar-refractivity contribution >= 4 is 34.7 Å². The molecule has 1 amide bonds. The van der Waals surface area contributed by atoms with Gasteiger partial charge in [0.05, 0.1) is 48.1 Å². The number of hydrogen-bond donors (Lipinski definition) is 1. The number of ether oxygens (including phenoxy) is 2. The lowest BCUT2D eigenvalue weighted by atomic mass is 9.94. The lowest BCUT2D eigenvalue weighted by Crippen LogP contribution is -2.29. The van der Waals surface area contributed by atoms with E-state index in [2.05, 4.69) is 0 Å². The van der Waals surface area contributed by atoms with Gasteiger partial charge in [-0.2, -0.15) is 5.26 Å². The molecule has 3 aromatic carbocycles. The van der Waals surface area contributed by atoms with E-state index in [4.69, 9.17) is 26.3 Å². The maximum Gasteiger partial charge on any atom is 0.300 e. The smallest absolute Gasteiger partial charge is 0.300 e. The molecule has 1 unspecified atom stereocenters. The summed E-state index contributed by atoms with van der Waals surface area (Å²) >= 11 is 6.28. The fourth-order valence-electron chi connectivity index (χ4n) is 3.94. The summed E-state index contributed by atoms with van der Waals surface area (Å²) in [6, 6.07) is 19.2. The number of anilines is 1. The van der Waals surface area contributed by atoms with Gasteiger partial charge in [-0.1, -0.05) is 41.9 Å². The quantitative estimate of drug-likeness (QED) is 0.322. The summed E-state index contributed by atoms with van der Waals surface area (Å²) in [6.07, 6.45) is 0. The van der Waals surface area contributed by atoms with Gasteiger partial charge in [-0.05, 0) is 35.9 Å². The molecule has 0 saturated carbocycles. The molecule has 0 spiro atoms. The van der Waals surface area contributed by atoms with Crippen LogP contribution in [0.1, 0.15) is 22.7 Å². The molecule has 1 atom stereocenters. The predicted octanol–water partition coefficient (Wildman–Crippen LogP) is 4.86. The van der Waals surface area contributed by atoms with Crippen LogP contribution in [0.5, 0.6) is 11.5 Å². The molecule has 8 heteroatoms. The Labute approximate surface area is 201 Å². The minimum Gasteiger partial charge on any atom is -0.507 e. The van der Waals surface area contributed by atoms with E-state index in [1.165, 1.54) is 31.3 Å². The molecule has 4 rings (SSSR count). The van der Waals surface area contributed by atoms with Crippen molar-refractivity contribution in [1.82, 2.24) is 0 Å². The van der Waals surface area contributed by atoms with Crippen molar-refractivity contribution in [3.8, 4) is 17.6 Å². The number of carbonyl (C=O) groups is 2. The first kappa shape index (κ1) is 22.9. The molecule has 1 aliphatic rings. The van der Waals surface area contributed by atoms with E-state index < -0.39 is 23.5 Å². The molecule has 34 heavy (non-hydrogen) atoms. The molecule has 0 aromatic heterocycles. The normalized spacial score (nSPS) is 16.9. The lowest BCUT2D eigenvalue weighted by Gasteiger charge is -2.25. The van der Waals surface area contributed by atoms with Crippen LogP contribution in [0.4, 0.5) is 5.69 Å². The molecule has 170 valence electrons. The van der Waals surface area contributed by atoms with Gasteiger partial charge in [0.25, 0.3) is 11.7 Å². The van der Waals surface area contributed by atoms with Crippen molar-refractivity contribution in [2.45, 2.75) is 6.04 Å². The number of amides is 1. The highest BCUT2D eigenvalue weighted by molar-refractivity contribution is 6.51. The number of aliphatic hydroxyl groups is 1. The fraction of sp³-hybridized carbons (Fsp3) is 0.115. The van der Waals surface area contributed by atoms with Gasteiger partial charge in [0.1, 0.15) is 17.3 Å². The Balaban J connectivity index is 1.96. The van der Waals surface area contributed by atoms with Gasteiger partial charge in [-0.25, -0.2) is 0 Å². The minimum atomic E-state index is -0.917. The van der Waals surface area contributed by atoms with E-state index >= 15 is 0 Å². The topological polar surface area (TPSA) is 99.9 Å². The van der Waals surface area contributed by atoms with Gasteiger partial charge in [0.2, 0.25) is 0 Å². The van der Waals surface area contributed by atoms with Crippen molar-refractivity contribution < 1.29 is 24.2 Å². The van der Waals surface area contributed by atoms with Gasteiger partial charge in [-0.3, -0.25) is 14.5 Å². The average molecular weight is 475 g/mol. The number of halogens is 1. The molecule has 1 fully saturated rings. The average Bonchev–Trinajstić information content (AvgIpc) is 3.14. The van der Waals surface area contributed by atoms with Gasteiger partial charge >= 0.3 is 0 Å². The van der Waals surface area contributed by atoms with E-state index in [-0.39, 0.29) is 21.9 Å². The van der Waals surface area contributed by atoms with Crippen LogP contribution < -0.4 is 14.4 Å². The van der Waals surface area contributed by atoms with Crippen molar-refractivity contribution in [2.24, 2.45) is 0 Å². The van der Waals surface area contributed by atoms with E-state index in [9.17, 15) is 14.7 Å². The van der Waals surface area contributed by atoms with Crippen molar-refractivity contribution in [3.63, 3.8) is 0 Å². The van der Waals surface area contributed by atoms with Crippen LogP contribution >= 0.6 is 11.6 Å². The van der Waals surface area contributed by atoms with Crippen LogP contribution in [0.25, 0.3) is 5.76 Å². The molecule has 0 radical (unpaired) electrons. The first-order chi connectivity index (χ1) is 16.4. The number of Topliss-reactive ketones (excluding diaryl/α,β-unsaturated/α-hetero) is 1. The van der Waals surface area contributed by atoms with Gasteiger partial charge < -0.3 is 14.6 Å². The third kappa shape index (κ3) is 3.85. The van der Waals surface area contributed by atoms with Crippen molar-refractivity contribution in [3.05, 3.63) is 94.0 Å². The highest BCUT2D eigenvalue weighted by atomic mass is 35.5. The largest absolute Gasteiger partial charge is 0.507 e. The Bertz CT molecular complexity index is 1340. The van der Waals surface area contributed by atoms with Crippen molar-refractivity contribution in [1.29, 1.82) is 5.26 Å². The third-order valence-electron chi connectivity index (χ3n) is 5.56. The van der Waals surface area contributed by atoms with Crippen LogP contribution in [0.15, 0.2) is 72.3 Å². The molecule has 1 aliphatic heterocycles. The van der Waals surface area contributed by atoms with Crippen LogP contribution in [-0.4, -0.2) is 31.0 Å². The Morgan fingerprint density at radius 2 is 1.65 bits per heavy atom. The zero-order valence-corrected chi connectivity index (χ0v) is 19.0. The van der Waals surface area contributed by atoms with Crippen molar-refractivity contribution in [2.75, 3.05) is 19.1 Å². The molecular weight excluding hydrogens is 456 g/mol. The number of carbonyl (C=O) groups excluding carboxylic acids is 2. The molecule has 7 nitrogen and oxygen atoms in total. The zero-order chi connectivity index (χ0) is 24.4. The van der Waals surface area contributed by atoms with Gasteiger partial charge in [0, 0.05) is 11.8 Å². The number of nitrogens with zero attached hydrogens (tertiary/aromatic N) is 2. The van der Waals surface area contributed by atoms with Gasteiger partial charge in [0.15, 0.2) is 0 Å². The first-order valence-electron chi connectivity index (χ1n) is 10.2. The second-order valence-electron chi connectivity index (χ2n) is 7.43. The number of nitriles is 1. The molecule has 0 bridgehead atoms. The first-order valence-corrected chi connectivity index (χ1v) is 10.6. The maximum absolute atomic E-state index is 13.3. The number of hydrogen-bond acceptors (Lipinski definition) is 6. The van der Waals surface area contributed by atoms with E-state index in [0.29, 0.717) is 22.6 Å². The van der Waals surface area contributed by atoms with Crippen LogP contribution in [0.2, 0.25) is 5.02 Å². The summed E-state index contributed by atoms with van der Waals surface area (Å²) in [5.74, 6) is -1.55. The second-order valence-corrected chi connectivity index (χ2v) is 7.83.